The summed E-state index contributed by atoms with van der Waals surface area (Å²) in [6.45, 7) is 3.52. The Labute approximate surface area is 231 Å². The van der Waals surface area contributed by atoms with Gasteiger partial charge in [0.2, 0.25) is 5.91 Å². The molecule has 0 aromatic heterocycles. The minimum Gasteiger partial charge on any atom is -0.383 e. The lowest BCUT2D eigenvalue weighted by molar-refractivity contribution is -0.193. The van der Waals surface area contributed by atoms with Gasteiger partial charge in [-0.1, -0.05) is 31.9 Å². The zero-order chi connectivity index (χ0) is 29.3. The van der Waals surface area contributed by atoms with Crippen LogP contribution in [0.4, 0.5) is 13.2 Å². The van der Waals surface area contributed by atoms with E-state index in [4.69, 9.17) is 0 Å². The Kier molecular flexibility index (Phi) is 11.0. The van der Waals surface area contributed by atoms with E-state index in [9.17, 15) is 32.3 Å². The number of benzene rings is 1. The first-order valence-corrected chi connectivity index (χ1v) is 13.5. The van der Waals surface area contributed by atoms with Crippen LogP contribution < -0.4 is 15.6 Å². The van der Waals surface area contributed by atoms with Crippen molar-refractivity contribution < 1.29 is 37.1 Å². The van der Waals surface area contributed by atoms with E-state index in [2.05, 4.69) is 25.3 Å². The summed E-state index contributed by atoms with van der Waals surface area (Å²) in [5.74, 6) is -3.44. The molecule has 0 spiro atoms. The van der Waals surface area contributed by atoms with Crippen molar-refractivity contribution in [1.82, 2.24) is 20.5 Å². The average Bonchev–Trinajstić information content (AvgIpc) is 3.42. The third kappa shape index (κ3) is 9.00. The summed E-state index contributed by atoms with van der Waals surface area (Å²) in [5.41, 5.74) is 0.671. The second-order valence-corrected chi connectivity index (χ2v) is 10.1. The first-order chi connectivity index (χ1) is 19.0. The molecule has 0 saturated carbocycles. The molecule has 0 bridgehead atoms. The first kappa shape index (κ1) is 31.0. The van der Waals surface area contributed by atoms with E-state index >= 15 is 0 Å². The van der Waals surface area contributed by atoms with E-state index < -0.39 is 24.2 Å². The fourth-order valence-corrected chi connectivity index (χ4v) is 4.54. The smallest absolute Gasteiger partial charge is 0.383 e. The summed E-state index contributed by atoms with van der Waals surface area (Å²) in [5, 5.41) is 6.28. The number of ketones is 1. The van der Waals surface area contributed by atoms with Gasteiger partial charge in [0.1, 0.15) is 11.8 Å². The van der Waals surface area contributed by atoms with Gasteiger partial charge in [0.15, 0.2) is 11.9 Å². The molecule has 1 aromatic carbocycles. The molecule has 2 aliphatic rings. The molecule has 0 aliphatic carbocycles. The largest absolute Gasteiger partial charge is 0.491 e. The molecule has 217 valence electrons. The van der Waals surface area contributed by atoms with E-state index in [-0.39, 0.29) is 23.2 Å². The lowest BCUT2D eigenvalue weighted by Crippen LogP contribution is -2.49. The number of likely N-dealkylation sites (tertiary alicyclic amines) is 1. The Morgan fingerprint density at radius 2 is 1.88 bits per heavy atom. The van der Waals surface area contributed by atoms with E-state index in [0.717, 1.165) is 45.2 Å². The molecular weight excluding hydrogens is 529 g/mol. The Morgan fingerprint density at radius 3 is 2.55 bits per heavy atom. The molecule has 1 atom stereocenters. The number of amidine groups is 1. The van der Waals surface area contributed by atoms with Crippen LogP contribution in [0.15, 0.2) is 30.5 Å². The van der Waals surface area contributed by atoms with Gasteiger partial charge in [-0.05, 0) is 62.9 Å². The van der Waals surface area contributed by atoms with Gasteiger partial charge in [-0.15, -0.1) is 0 Å². The number of Topliss-reactive ketones (excluding diaryl/α,β-unsaturated/α-hetero) is 1. The molecule has 1 saturated heterocycles. The van der Waals surface area contributed by atoms with Gasteiger partial charge in [0, 0.05) is 24.3 Å². The summed E-state index contributed by atoms with van der Waals surface area (Å²) >= 11 is 0. The van der Waals surface area contributed by atoms with Crippen LogP contribution in [0.3, 0.4) is 0 Å². The number of piperidine rings is 1. The number of amides is 1. The zero-order valence-corrected chi connectivity index (χ0v) is 22.7. The molecule has 12 heteroatoms. The molecule has 1 aromatic rings. The SMILES string of the molecule is CCC(=O)CCCCC[C@H](NC(=O)C1CCN(C)CC1)C1=[N+]C=C(c2cccc(C(=O)OC(=O)C(F)(F)F)c2)N1. The fraction of sp³-hybridized carbons (Fsp3) is 0.536. The zero-order valence-electron chi connectivity index (χ0n) is 22.7. The number of ether oxygens (including phenoxy) is 1. The molecule has 40 heavy (non-hydrogen) atoms. The second kappa shape index (κ2) is 14.2. The molecule has 0 unspecified atom stereocenters. The van der Waals surface area contributed by atoms with Crippen molar-refractivity contribution in [2.24, 2.45) is 5.92 Å². The maximum Gasteiger partial charge on any atom is 0.491 e. The predicted molar refractivity (Wildman–Crippen MR) is 142 cm³/mol. The van der Waals surface area contributed by atoms with Crippen molar-refractivity contribution in [1.29, 1.82) is 0 Å². The van der Waals surface area contributed by atoms with Crippen molar-refractivity contribution in [2.45, 2.75) is 70.5 Å². The Morgan fingerprint density at radius 1 is 1.15 bits per heavy atom. The molecule has 2 aliphatic heterocycles. The first-order valence-electron chi connectivity index (χ1n) is 13.5. The lowest BCUT2D eigenvalue weighted by Gasteiger charge is -2.29. The minimum absolute atomic E-state index is 0.0451. The highest BCUT2D eigenvalue weighted by Gasteiger charge is 2.42. The van der Waals surface area contributed by atoms with Crippen LogP contribution in [0.1, 0.15) is 74.2 Å². The Bertz CT molecular complexity index is 1160. The number of carbonyl (C=O) groups is 4. The van der Waals surface area contributed by atoms with Gasteiger partial charge in [-0.25, -0.2) is 14.9 Å². The van der Waals surface area contributed by atoms with Crippen LogP contribution >= 0.6 is 0 Å². The predicted octanol–water partition coefficient (Wildman–Crippen LogP) is 3.32. The van der Waals surface area contributed by atoms with Gasteiger partial charge < -0.3 is 15.0 Å². The number of carbonyl (C=O) groups excluding carboxylic acids is 4. The number of nitrogens with one attached hydrogen (secondary N) is 2. The van der Waals surface area contributed by atoms with Crippen molar-refractivity contribution in [2.75, 3.05) is 20.1 Å². The number of alkyl halides is 3. The summed E-state index contributed by atoms with van der Waals surface area (Å²) in [7, 11) is 2.02. The summed E-state index contributed by atoms with van der Waals surface area (Å²) in [6, 6.07) is 5.18. The van der Waals surface area contributed by atoms with Crippen LogP contribution in [-0.2, 0) is 19.1 Å². The summed E-state index contributed by atoms with van der Waals surface area (Å²) in [4.78, 5) is 54.4. The van der Waals surface area contributed by atoms with E-state index in [1.54, 1.807) is 6.07 Å². The molecule has 1 fully saturated rings. The molecule has 9 nitrogen and oxygen atoms in total. The van der Waals surface area contributed by atoms with Gasteiger partial charge >= 0.3 is 24.0 Å². The number of rotatable bonds is 12. The quantitative estimate of drug-likeness (QED) is 0.227. The monoisotopic (exact) mass is 564 g/mol. The van der Waals surface area contributed by atoms with Crippen molar-refractivity contribution >= 4 is 35.2 Å². The van der Waals surface area contributed by atoms with E-state index in [1.165, 1.54) is 24.4 Å². The van der Waals surface area contributed by atoms with Gasteiger partial charge in [0.05, 0.1) is 5.56 Å². The van der Waals surface area contributed by atoms with Crippen molar-refractivity contribution in [3.63, 3.8) is 0 Å². The average molecular weight is 565 g/mol. The second-order valence-electron chi connectivity index (χ2n) is 10.1. The van der Waals surface area contributed by atoms with Crippen molar-refractivity contribution in [3.05, 3.63) is 41.6 Å². The molecule has 1 amide bonds. The third-order valence-corrected chi connectivity index (χ3v) is 7.00. The number of hydrogen-bond acceptors (Lipinski definition) is 8. The maximum absolute atomic E-state index is 13.1. The molecule has 2 heterocycles. The number of unbranched alkanes of at least 4 members (excludes halogenated alkanes) is 2. The maximum atomic E-state index is 13.1. The third-order valence-electron chi connectivity index (χ3n) is 7.00. The normalized spacial score (nSPS) is 16.9. The van der Waals surface area contributed by atoms with Gasteiger partial charge in [0.25, 0.3) is 0 Å². The standard InChI is InChI=1S/C28H35F3N4O5/c1-3-21(36)10-5-4-6-11-22(34-25(37)18-12-14-35(2)15-13-18)24-32-17-23(33-24)19-8-7-9-20(16-19)26(38)40-27(39)28(29,30)31/h7-9,16-18,22,33H,3-6,10-15H2,1-2H3,(H,34,37)/q+1/t22-/m0/s1. The highest BCUT2D eigenvalue weighted by molar-refractivity contribution is 6.01. The molecule has 3 rings (SSSR count). The fourth-order valence-electron chi connectivity index (χ4n) is 4.54. The summed E-state index contributed by atoms with van der Waals surface area (Å²) in [6.07, 6.45) is 1.74. The molecule has 1 radical (unpaired) electrons. The van der Waals surface area contributed by atoms with Gasteiger partial charge in [-0.2, -0.15) is 13.2 Å². The number of nitrogens with zero attached hydrogens (tertiary/aromatic N) is 2. The molecular formula is C28H35F3N4O5+. The minimum atomic E-state index is -5.29. The van der Waals surface area contributed by atoms with E-state index in [0.29, 0.717) is 36.4 Å². The highest BCUT2D eigenvalue weighted by atomic mass is 19.4. The summed E-state index contributed by atoms with van der Waals surface area (Å²) < 4.78 is 41.3. The van der Waals surface area contributed by atoms with Crippen LogP contribution in [0.5, 0.6) is 0 Å². The number of aliphatic imine (C=N–C) groups is 1. The van der Waals surface area contributed by atoms with E-state index in [1.807, 2.05) is 14.0 Å². The number of esters is 2. The molecule has 2 N–H and O–H groups in total. The Hall–Kier alpha value is -3.54. The number of hydrogen-bond donors (Lipinski definition) is 2. The van der Waals surface area contributed by atoms with Crippen LogP contribution in [0.25, 0.3) is 5.70 Å². The lowest BCUT2D eigenvalue weighted by atomic mass is 9.95. The number of halogens is 3. The van der Waals surface area contributed by atoms with Crippen molar-refractivity contribution in [3.8, 4) is 0 Å². The van der Waals surface area contributed by atoms with Gasteiger partial charge in [-0.3, -0.25) is 9.59 Å². The highest BCUT2D eigenvalue weighted by Crippen LogP contribution is 2.21. The topological polar surface area (TPSA) is 119 Å². The van der Waals surface area contributed by atoms with Crippen LogP contribution in [0.2, 0.25) is 0 Å². The Balaban J connectivity index is 1.65. The van der Waals surface area contributed by atoms with Crippen LogP contribution in [-0.4, -0.2) is 66.7 Å². The van der Waals surface area contributed by atoms with Crippen LogP contribution in [0, 0.1) is 5.92 Å².